The number of aromatic hydroxyl groups is 1. The molecule has 0 saturated carbocycles. The monoisotopic (exact) mass is 408 g/mol. The van der Waals surface area contributed by atoms with Gasteiger partial charge in [-0.25, -0.2) is 0 Å². The molecule has 0 unspecified atom stereocenters. The topological polar surface area (TPSA) is 20.2 Å². The summed E-state index contributed by atoms with van der Waals surface area (Å²) in [7, 11) is 0. The normalized spacial score (nSPS) is 8.93. The van der Waals surface area contributed by atoms with E-state index >= 15 is 0 Å². The second kappa shape index (κ2) is 6.73. The molecule has 1 aromatic carbocycles. The number of phenolic OH excluding ortho intramolecular Hbond substituents is 1. The maximum absolute atomic E-state index is 9.20. The van der Waals surface area contributed by atoms with Gasteiger partial charge in [-0.05, 0) is 0 Å². The maximum atomic E-state index is 9.20. The minimum absolute atomic E-state index is 0. The Labute approximate surface area is 122 Å². The molecule has 0 amide bonds. The molecule has 0 aliphatic carbocycles. The van der Waals surface area contributed by atoms with Crippen molar-refractivity contribution >= 4 is 82.4 Å². The van der Waals surface area contributed by atoms with Crippen molar-refractivity contribution in [2.45, 2.75) is 0 Å². The van der Waals surface area contributed by atoms with E-state index in [1.54, 1.807) is 0 Å². The third-order valence-electron chi connectivity index (χ3n) is 1.19. The molecule has 0 spiro atoms. The molecule has 0 atom stereocenters. The average molecular weight is 411 g/mol. The van der Waals surface area contributed by atoms with Crippen LogP contribution in [0, 0.1) is 0 Å². The van der Waals surface area contributed by atoms with Crippen molar-refractivity contribution in [2.24, 2.45) is 0 Å². The van der Waals surface area contributed by atoms with Crippen LogP contribution in [-0.2, 0) is 0 Å². The molecular formula is C6H5Cl5FOSb. The SMILES string of the molecule is F.Oc1c(Cl)c(Cl)c(Cl)c(Cl)c1Cl.[SbH3]. The van der Waals surface area contributed by atoms with E-state index in [-0.39, 0.29) is 60.0 Å². The van der Waals surface area contributed by atoms with Gasteiger partial charge in [0.25, 0.3) is 0 Å². The van der Waals surface area contributed by atoms with Crippen LogP contribution in [0.25, 0.3) is 0 Å². The fourth-order valence-corrected chi connectivity index (χ4v) is 1.72. The van der Waals surface area contributed by atoms with E-state index in [9.17, 15) is 5.11 Å². The van der Waals surface area contributed by atoms with Crippen molar-refractivity contribution in [3.63, 3.8) is 0 Å². The molecule has 8 heteroatoms. The van der Waals surface area contributed by atoms with Crippen LogP contribution in [-0.4, -0.2) is 29.5 Å². The summed E-state index contributed by atoms with van der Waals surface area (Å²) >= 11 is 27.9. The van der Waals surface area contributed by atoms with Gasteiger partial charge in [-0.15, -0.1) is 0 Å². The minimum atomic E-state index is -0.363. The number of hydrogen-bond acceptors (Lipinski definition) is 1. The van der Waals surface area contributed by atoms with E-state index in [1.165, 1.54) is 0 Å². The van der Waals surface area contributed by atoms with Gasteiger partial charge < -0.3 is 5.11 Å². The van der Waals surface area contributed by atoms with E-state index in [0.717, 1.165) is 0 Å². The Bertz CT molecular complexity index is 240. The first kappa shape index (κ1) is 17.6. The number of rotatable bonds is 0. The molecular weight excluding hydrogens is 406 g/mol. The van der Waals surface area contributed by atoms with Gasteiger partial charge in [-0.3, -0.25) is 4.70 Å². The Morgan fingerprint density at radius 1 is 0.643 bits per heavy atom. The Hall–Kier alpha value is 1.22. The summed E-state index contributed by atoms with van der Waals surface area (Å²) < 4.78 is 0. The first-order valence-corrected chi connectivity index (χ1v) is 4.56. The molecule has 14 heavy (non-hydrogen) atoms. The van der Waals surface area contributed by atoms with Gasteiger partial charge in [0, 0.05) is 0 Å². The van der Waals surface area contributed by atoms with Crippen LogP contribution in [0.1, 0.15) is 0 Å². The van der Waals surface area contributed by atoms with Crippen molar-refractivity contribution in [1.82, 2.24) is 0 Å². The Balaban J connectivity index is 0. The molecule has 82 valence electrons. The van der Waals surface area contributed by atoms with E-state index in [1.807, 2.05) is 0 Å². The van der Waals surface area contributed by atoms with Crippen LogP contribution >= 0.6 is 58.0 Å². The van der Waals surface area contributed by atoms with Crippen molar-refractivity contribution in [2.75, 3.05) is 0 Å². The first-order chi connectivity index (χ1) is 5.46. The molecule has 1 aromatic rings. The van der Waals surface area contributed by atoms with Crippen LogP contribution in [0.2, 0.25) is 25.1 Å². The fourth-order valence-electron chi connectivity index (χ4n) is 0.593. The van der Waals surface area contributed by atoms with Crippen molar-refractivity contribution in [3.05, 3.63) is 25.1 Å². The summed E-state index contributed by atoms with van der Waals surface area (Å²) in [4.78, 5) is 0. The second-order valence-corrected chi connectivity index (χ2v) is 3.81. The van der Waals surface area contributed by atoms with Gasteiger partial charge in [0.15, 0.2) is 5.75 Å². The number of hydrogen-bond donors (Lipinski definition) is 1. The van der Waals surface area contributed by atoms with Crippen molar-refractivity contribution in [1.29, 1.82) is 0 Å². The Morgan fingerprint density at radius 2 is 0.857 bits per heavy atom. The predicted octanol–water partition coefficient (Wildman–Crippen LogP) is 3.63. The molecule has 1 N–H and O–H groups in total. The third-order valence-corrected chi connectivity index (χ3v) is 3.44. The summed E-state index contributed by atoms with van der Waals surface area (Å²) in [6.45, 7) is 0. The van der Waals surface area contributed by atoms with E-state index in [4.69, 9.17) is 58.0 Å². The Morgan fingerprint density at radius 3 is 1.14 bits per heavy atom. The predicted molar refractivity (Wildman–Crippen MR) is 65.6 cm³/mol. The molecule has 0 bridgehead atoms. The zero-order chi connectivity index (χ0) is 9.46. The van der Waals surface area contributed by atoms with Crippen molar-refractivity contribution in [3.8, 4) is 5.75 Å². The zero-order valence-corrected chi connectivity index (χ0v) is 14.3. The molecule has 1 nitrogen and oxygen atoms in total. The molecule has 0 aromatic heterocycles. The summed E-state index contributed by atoms with van der Waals surface area (Å²) in [5.41, 5.74) is 0. The number of benzene rings is 1. The molecule has 0 heterocycles. The van der Waals surface area contributed by atoms with Crippen LogP contribution in [0.4, 0.5) is 4.70 Å². The molecule has 0 saturated heterocycles. The van der Waals surface area contributed by atoms with Gasteiger partial charge >= 0.3 is 24.4 Å². The average Bonchev–Trinajstić information content (AvgIpc) is 2.08. The molecule has 1 rings (SSSR count). The third kappa shape index (κ3) is 3.10. The van der Waals surface area contributed by atoms with E-state index < -0.39 is 0 Å². The summed E-state index contributed by atoms with van der Waals surface area (Å²) in [5.74, 6) is -0.363. The standard InChI is InChI=1S/C6HCl5O.FH.Sb.3H/c7-1-2(8)4(10)6(12)5(11)3(1)9;;;;;/h12H;1H;;;;. The van der Waals surface area contributed by atoms with E-state index in [0.29, 0.717) is 0 Å². The van der Waals surface area contributed by atoms with Gasteiger partial charge in [0.05, 0.1) is 15.1 Å². The number of halogens is 6. The van der Waals surface area contributed by atoms with Gasteiger partial charge in [-0.1, -0.05) is 58.0 Å². The van der Waals surface area contributed by atoms with Gasteiger partial charge in [0.2, 0.25) is 0 Å². The fraction of sp³-hybridized carbons (Fsp3) is 0. The quantitative estimate of drug-likeness (QED) is 0.393. The van der Waals surface area contributed by atoms with E-state index in [2.05, 4.69) is 0 Å². The summed E-state index contributed by atoms with van der Waals surface area (Å²) in [6, 6.07) is 0. The molecule has 0 aliphatic heterocycles. The first-order valence-electron chi connectivity index (χ1n) is 2.67. The number of phenols is 1. The van der Waals surface area contributed by atoms with Crippen molar-refractivity contribution < 1.29 is 9.81 Å². The summed E-state index contributed by atoms with van der Waals surface area (Å²) in [6.07, 6.45) is 0. The molecule has 0 aliphatic rings. The Kier molecular flexibility index (Phi) is 8.46. The zero-order valence-electron chi connectivity index (χ0n) is 6.45. The van der Waals surface area contributed by atoms with Crippen LogP contribution in [0.15, 0.2) is 0 Å². The van der Waals surface area contributed by atoms with Crippen LogP contribution in [0.5, 0.6) is 5.75 Å². The van der Waals surface area contributed by atoms with Gasteiger partial charge in [0.1, 0.15) is 10.0 Å². The van der Waals surface area contributed by atoms with Gasteiger partial charge in [-0.2, -0.15) is 0 Å². The van der Waals surface area contributed by atoms with Crippen LogP contribution < -0.4 is 0 Å². The van der Waals surface area contributed by atoms with Crippen LogP contribution in [0.3, 0.4) is 0 Å². The molecule has 0 fully saturated rings. The molecule has 0 radical (unpaired) electrons. The summed E-state index contributed by atoms with van der Waals surface area (Å²) in [5, 5.41) is 9.01. The second-order valence-electron chi connectivity index (χ2n) is 1.92.